The van der Waals surface area contributed by atoms with Crippen molar-refractivity contribution in [1.82, 2.24) is 10.6 Å². The van der Waals surface area contributed by atoms with Crippen molar-refractivity contribution >= 4 is 41.5 Å². The van der Waals surface area contributed by atoms with Crippen molar-refractivity contribution in [1.29, 1.82) is 0 Å². The Bertz CT molecular complexity index is 588. The third kappa shape index (κ3) is 4.60. The summed E-state index contributed by atoms with van der Waals surface area (Å²) in [5, 5.41) is 6.60. The highest BCUT2D eigenvalue weighted by atomic mass is 127. The first-order chi connectivity index (χ1) is 11.3. The summed E-state index contributed by atoms with van der Waals surface area (Å²) < 4.78 is 5.37. The van der Waals surface area contributed by atoms with Crippen molar-refractivity contribution in [3.05, 3.63) is 29.8 Å². The minimum Gasteiger partial charge on any atom is -0.381 e. The molecule has 2 N–H and O–H groups in total. The summed E-state index contributed by atoms with van der Waals surface area (Å²) in [4.78, 5) is 18.2. The van der Waals surface area contributed by atoms with E-state index in [-0.39, 0.29) is 29.9 Å². The van der Waals surface area contributed by atoms with Gasteiger partial charge in [0.1, 0.15) is 0 Å². The van der Waals surface area contributed by atoms with Gasteiger partial charge in [-0.25, -0.2) is 0 Å². The zero-order valence-corrected chi connectivity index (χ0v) is 16.3. The maximum absolute atomic E-state index is 12.1. The topological polar surface area (TPSA) is 66.0 Å². The van der Waals surface area contributed by atoms with Gasteiger partial charge in [0.2, 0.25) is 5.91 Å². The van der Waals surface area contributed by atoms with Crippen LogP contribution in [0.2, 0.25) is 0 Å². The van der Waals surface area contributed by atoms with Crippen molar-refractivity contribution in [2.24, 2.45) is 10.9 Å². The predicted molar refractivity (Wildman–Crippen MR) is 106 cm³/mol. The number of nitrogens with zero attached hydrogens (tertiary/aromatic N) is 2. The molecular formula is C17H25IN4O2. The number of guanidine groups is 1. The van der Waals surface area contributed by atoms with Crippen LogP contribution >= 0.6 is 24.0 Å². The first kappa shape index (κ1) is 19.0. The average Bonchev–Trinajstić information content (AvgIpc) is 3.18. The minimum atomic E-state index is 0. The van der Waals surface area contributed by atoms with E-state index in [4.69, 9.17) is 4.74 Å². The molecule has 132 valence electrons. The summed E-state index contributed by atoms with van der Waals surface area (Å²) in [5.74, 6) is 1.50. The molecule has 1 saturated heterocycles. The van der Waals surface area contributed by atoms with Gasteiger partial charge in [0.05, 0.1) is 13.0 Å². The zero-order chi connectivity index (χ0) is 16.1. The molecule has 2 aliphatic heterocycles. The molecule has 1 atom stereocenters. The number of amides is 1. The third-order valence-corrected chi connectivity index (χ3v) is 4.36. The van der Waals surface area contributed by atoms with Gasteiger partial charge < -0.3 is 20.3 Å². The molecule has 7 heteroatoms. The smallest absolute Gasteiger partial charge is 0.231 e. The largest absolute Gasteiger partial charge is 0.381 e. The van der Waals surface area contributed by atoms with Gasteiger partial charge in [0.15, 0.2) is 5.96 Å². The van der Waals surface area contributed by atoms with E-state index in [2.05, 4.69) is 15.6 Å². The van der Waals surface area contributed by atoms with Crippen molar-refractivity contribution in [3.8, 4) is 0 Å². The molecule has 0 bridgehead atoms. The molecule has 1 unspecified atom stereocenters. The first-order valence-corrected chi connectivity index (χ1v) is 8.18. The molecule has 2 heterocycles. The molecule has 0 spiro atoms. The fourth-order valence-electron chi connectivity index (χ4n) is 3.05. The van der Waals surface area contributed by atoms with Crippen LogP contribution in [0.4, 0.5) is 5.69 Å². The van der Waals surface area contributed by atoms with Gasteiger partial charge in [0, 0.05) is 44.9 Å². The van der Waals surface area contributed by atoms with Crippen LogP contribution in [0.1, 0.15) is 12.0 Å². The second-order valence-corrected chi connectivity index (χ2v) is 5.96. The lowest BCUT2D eigenvalue weighted by Crippen LogP contribution is -2.43. The normalized spacial score (nSPS) is 19.9. The zero-order valence-electron chi connectivity index (χ0n) is 14.0. The maximum Gasteiger partial charge on any atom is 0.231 e. The molecule has 0 radical (unpaired) electrons. The number of hydrogen-bond donors (Lipinski definition) is 2. The van der Waals surface area contributed by atoms with E-state index in [0.29, 0.717) is 25.4 Å². The fourth-order valence-corrected chi connectivity index (χ4v) is 3.05. The molecule has 2 aliphatic rings. The Labute approximate surface area is 160 Å². The number of ether oxygens (including phenoxy) is 1. The summed E-state index contributed by atoms with van der Waals surface area (Å²) in [6.07, 6.45) is 1.61. The highest BCUT2D eigenvalue weighted by molar-refractivity contribution is 14.0. The van der Waals surface area contributed by atoms with Crippen LogP contribution in [-0.4, -0.2) is 51.8 Å². The number of carbonyl (C=O) groups excluding carboxylic acids is 1. The molecule has 0 aliphatic carbocycles. The fraction of sp³-hybridized carbons (Fsp3) is 0.529. The Morgan fingerprint density at radius 1 is 1.38 bits per heavy atom. The van der Waals surface area contributed by atoms with Gasteiger partial charge in [-0.1, -0.05) is 18.2 Å². The number of hydrogen-bond acceptors (Lipinski definition) is 3. The molecular weight excluding hydrogens is 419 g/mol. The Hall–Kier alpha value is -1.35. The number of halogens is 1. The number of aliphatic imine (C=N–C) groups is 1. The van der Waals surface area contributed by atoms with Crippen LogP contribution in [0.25, 0.3) is 0 Å². The Kier molecular flexibility index (Phi) is 7.29. The van der Waals surface area contributed by atoms with Gasteiger partial charge in [-0.2, -0.15) is 0 Å². The number of fused-ring (bicyclic) bond motifs is 1. The SMILES string of the molecule is CN=C(NCCN1C(=O)Cc2ccccc21)NCC1CCOC1.I. The number of benzene rings is 1. The Morgan fingerprint density at radius 2 is 2.21 bits per heavy atom. The third-order valence-electron chi connectivity index (χ3n) is 4.36. The van der Waals surface area contributed by atoms with Crippen LogP contribution in [0.15, 0.2) is 29.3 Å². The molecule has 3 rings (SSSR count). The van der Waals surface area contributed by atoms with Crippen LogP contribution < -0.4 is 15.5 Å². The van der Waals surface area contributed by atoms with Gasteiger partial charge >= 0.3 is 0 Å². The van der Waals surface area contributed by atoms with Crippen molar-refractivity contribution < 1.29 is 9.53 Å². The number of carbonyl (C=O) groups is 1. The van der Waals surface area contributed by atoms with E-state index in [1.807, 2.05) is 29.2 Å². The van der Waals surface area contributed by atoms with Crippen LogP contribution in [0, 0.1) is 5.92 Å². The van der Waals surface area contributed by atoms with Crippen molar-refractivity contribution in [2.75, 3.05) is 44.8 Å². The summed E-state index contributed by atoms with van der Waals surface area (Å²) in [7, 11) is 1.76. The Balaban J connectivity index is 0.00000208. The van der Waals surface area contributed by atoms with Gasteiger partial charge in [-0.05, 0) is 18.1 Å². The lowest BCUT2D eigenvalue weighted by atomic mass is 10.1. The number of nitrogens with one attached hydrogen (secondary N) is 2. The number of anilines is 1. The van der Waals surface area contributed by atoms with Crippen LogP contribution in [0.5, 0.6) is 0 Å². The average molecular weight is 444 g/mol. The predicted octanol–water partition coefficient (Wildman–Crippen LogP) is 1.40. The van der Waals surface area contributed by atoms with Crippen LogP contribution in [-0.2, 0) is 16.0 Å². The molecule has 24 heavy (non-hydrogen) atoms. The summed E-state index contributed by atoms with van der Waals surface area (Å²) >= 11 is 0. The monoisotopic (exact) mass is 444 g/mol. The van der Waals surface area contributed by atoms with E-state index in [0.717, 1.165) is 43.4 Å². The maximum atomic E-state index is 12.1. The van der Waals surface area contributed by atoms with Gasteiger partial charge in [-0.15, -0.1) is 24.0 Å². The van der Waals surface area contributed by atoms with Crippen molar-refractivity contribution in [2.45, 2.75) is 12.8 Å². The molecule has 1 amide bonds. The highest BCUT2D eigenvalue weighted by Crippen LogP contribution is 2.27. The molecule has 0 aromatic heterocycles. The molecule has 0 saturated carbocycles. The summed E-state index contributed by atoms with van der Waals surface area (Å²) in [6, 6.07) is 7.98. The number of rotatable bonds is 5. The second kappa shape index (κ2) is 9.22. The lowest BCUT2D eigenvalue weighted by molar-refractivity contribution is -0.117. The van der Waals surface area contributed by atoms with E-state index >= 15 is 0 Å². The molecule has 1 fully saturated rings. The quantitative estimate of drug-likeness (QED) is 0.410. The van der Waals surface area contributed by atoms with Gasteiger partial charge in [0.25, 0.3) is 0 Å². The first-order valence-electron chi connectivity index (χ1n) is 8.18. The standard InChI is InChI=1S/C17H24N4O2.HI/c1-18-17(20-11-13-6-9-23-12-13)19-7-8-21-15-5-3-2-4-14(15)10-16(21)22;/h2-5,13H,6-12H2,1H3,(H2,18,19,20);1H. The summed E-state index contributed by atoms with van der Waals surface area (Å²) in [5.41, 5.74) is 2.14. The van der Waals surface area contributed by atoms with E-state index in [1.54, 1.807) is 7.05 Å². The van der Waals surface area contributed by atoms with Crippen molar-refractivity contribution in [3.63, 3.8) is 0 Å². The summed E-state index contributed by atoms with van der Waals surface area (Å²) in [6.45, 7) is 3.85. The lowest BCUT2D eigenvalue weighted by Gasteiger charge is -2.19. The van der Waals surface area contributed by atoms with E-state index < -0.39 is 0 Å². The minimum absolute atomic E-state index is 0. The second-order valence-electron chi connectivity index (χ2n) is 5.96. The molecule has 1 aromatic carbocycles. The van der Waals surface area contributed by atoms with Gasteiger partial charge in [-0.3, -0.25) is 9.79 Å². The molecule has 1 aromatic rings. The van der Waals surface area contributed by atoms with E-state index in [9.17, 15) is 4.79 Å². The van der Waals surface area contributed by atoms with Crippen LogP contribution in [0.3, 0.4) is 0 Å². The highest BCUT2D eigenvalue weighted by Gasteiger charge is 2.26. The van der Waals surface area contributed by atoms with E-state index in [1.165, 1.54) is 0 Å². The molecule has 6 nitrogen and oxygen atoms in total. The number of para-hydroxylation sites is 1. The Morgan fingerprint density at radius 3 is 2.96 bits per heavy atom.